The van der Waals surface area contributed by atoms with Gasteiger partial charge in [0.05, 0.1) is 12.7 Å². The Hall–Kier alpha value is -3.00. The van der Waals surface area contributed by atoms with Crippen LogP contribution in [-0.2, 0) is 11.2 Å². The lowest BCUT2D eigenvalue weighted by Gasteiger charge is -2.39. The third kappa shape index (κ3) is 4.08. The Bertz CT molecular complexity index is 1020. The molecule has 4 rings (SSSR count). The van der Waals surface area contributed by atoms with Gasteiger partial charge in [-0.25, -0.2) is 0 Å². The lowest BCUT2D eigenvalue weighted by molar-refractivity contribution is -0.277. The summed E-state index contributed by atoms with van der Waals surface area (Å²) in [5, 5.41) is 90.1. The van der Waals surface area contributed by atoms with Crippen LogP contribution in [0.1, 0.15) is 17.2 Å². The van der Waals surface area contributed by atoms with Crippen molar-refractivity contribution >= 4 is 0 Å². The van der Waals surface area contributed by atoms with Gasteiger partial charge in [-0.3, -0.25) is 0 Å². The van der Waals surface area contributed by atoms with Crippen molar-refractivity contribution in [1.29, 1.82) is 0 Å². The Kier molecular flexibility index (Phi) is 6.14. The first-order valence-electron chi connectivity index (χ1n) is 10.0. The number of hydrogen-bond donors (Lipinski definition) is 9. The molecule has 33 heavy (non-hydrogen) atoms. The van der Waals surface area contributed by atoms with Crippen LogP contribution in [-0.4, -0.2) is 89.4 Å². The molecule has 0 spiro atoms. The second kappa shape index (κ2) is 8.74. The van der Waals surface area contributed by atoms with Gasteiger partial charge in [-0.1, -0.05) is 6.07 Å². The van der Waals surface area contributed by atoms with Crippen molar-refractivity contribution in [1.82, 2.24) is 0 Å². The first kappa shape index (κ1) is 23.2. The Morgan fingerprint density at radius 3 is 2.27 bits per heavy atom. The number of aliphatic hydroxyl groups is 5. The van der Waals surface area contributed by atoms with Gasteiger partial charge in [0, 0.05) is 18.1 Å². The van der Waals surface area contributed by atoms with Crippen molar-refractivity contribution in [3.8, 4) is 34.5 Å². The lowest BCUT2D eigenvalue weighted by Crippen LogP contribution is -2.60. The van der Waals surface area contributed by atoms with Crippen LogP contribution in [0.15, 0.2) is 24.3 Å². The van der Waals surface area contributed by atoms with Gasteiger partial charge in [0.15, 0.2) is 23.0 Å². The molecule has 2 heterocycles. The highest BCUT2D eigenvalue weighted by Crippen LogP contribution is 2.49. The maximum Gasteiger partial charge on any atom is 0.229 e. The van der Waals surface area contributed by atoms with Crippen molar-refractivity contribution in [2.75, 3.05) is 6.61 Å². The van der Waals surface area contributed by atoms with Crippen LogP contribution >= 0.6 is 0 Å². The van der Waals surface area contributed by atoms with E-state index in [9.17, 15) is 46.0 Å². The number of aliphatic hydroxyl groups excluding tert-OH is 5. The van der Waals surface area contributed by atoms with Crippen LogP contribution in [0, 0.1) is 0 Å². The van der Waals surface area contributed by atoms with Gasteiger partial charge in [0.25, 0.3) is 0 Å². The van der Waals surface area contributed by atoms with Crippen molar-refractivity contribution < 1.29 is 60.2 Å². The van der Waals surface area contributed by atoms with E-state index in [1.807, 2.05) is 0 Å². The summed E-state index contributed by atoms with van der Waals surface area (Å²) >= 11 is 0. The van der Waals surface area contributed by atoms with Crippen molar-refractivity contribution in [3.63, 3.8) is 0 Å². The van der Waals surface area contributed by atoms with Crippen molar-refractivity contribution in [2.24, 2.45) is 0 Å². The van der Waals surface area contributed by atoms with Crippen LogP contribution in [0.3, 0.4) is 0 Å². The van der Waals surface area contributed by atoms with E-state index in [4.69, 9.17) is 14.2 Å². The molecule has 1 fully saturated rings. The number of hydrogen-bond acceptors (Lipinski definition) is 12. The molecular formula is C21H24O12. The minimum Gasteiger partial charge on any atom is -0.504 e. The zero-order valence-corrected chi connectivity index (χ0v) is 17.0. The van der Waals surface area contributed by atoms with Gasteiger partial charge in [0.1, 0.15) is 36.3 Å². The molecule has 180 valence electrons. The number of ether oxygens (including phenoxy) is 3. The summed E-state index contributed by atoms with van der Waals surface area (Å²) < 4.78 is 16.3. The Morgan fingerprint density at radius 2 is 1.61 bits per heavy atom. The van der Waals surface area contributed by atoms with Gasteiger partial charge in [-0.2, -0.15) is 0 Å². The molecule has 2 aliphatic heterocycles. The van der Waals surface area contributed by atoms with E-state index in [0.29, 0.717) is 5.56 Å². The largest absolute Gasteiger partial charge is 0.504 e. The molecule has 0 unspecified atom stereocenters. The van der Waals surface area contributed by atoms with Gasteiger partial charge < -0.3 is 60.2 Å². The summed E-state index contributed by atoms with van der Waals surface area (Å²) in [6.07, 6.45) is -10.4. The Balaban J connectivity index is 1.62. The van der Waals surface area contributed by atoms with E-state index >= 15 is 0 Å². The van der Waals surface area contributed by atoms with E-state index in [-0.39, 0.29) is 23.5 Å². The fraction of sp³-hybridized carbons (Fsp3) is 0.429. The third-order valence-corrected chi connectivity index (χ3v) is 5.73. The first-order chi connectivity index (χ1) is 15.6. The Morgan fingerprint density at radius 1 is 0.879 bits per heavy atom. The summed E-state index contributed by atoms with van der Waals surface area (Å²) in [7, 11) is 0. The Labute approximate surface area is 186 Å². The summed E-state index contributed by atoms with van der Waals surface area (Å²) in [6.45, 7) is -0.693. The topological polar surface area (TPSA) is 210 Å². The fourth-order valence-electron chi connectivity index (χ4n) is 3.89. The predicted octanol–water partition coefficient (Wildman–Crippen LogP) is -1.28. The van der Waals surface area contributed by atoms with Gasteiger partial charge in [-0.05, 0) is 17.7 Å². The number of fused-ring (bicyclic) bond motifs is 1. The molecule has 0 radical (unpaired) electrons. The van der Waals surface area contributed by atoms with Gasteiger partial charge in [-0.15, -0.1) is 0 Å². The summed E-state index contributed by atoms with van der Waals surface area (Å²) in [4.78, 5) is 0. The summed E-state index contributed by atoms with van der Waals surface area (Å²) in [5.41, 5.74) is 0.406. The molecule has 1 saturated heterocycles. The van der Waals surface area contributed by atoms with E-state index < -0.39 is 72.5 Å². The SMILES string of the molecule is OC[C@H]1O[C@H](Oc2c(O)cc3c(c2O)C[C@@H](O)[C@@H](c2ccc(O)c(O)c2)O3)[C@H](O)[C@@H](O)[C@@H]1O. The second-order valence-corrected chi connectivity index (χ2v) is 7.92. The molecule has 2 aliphatic rings. The molecular weight excluding hydrogens is 444 g/mol. The van der Waals surface area contributed by atoms with Crippen LogP contribution < -0.4 is 9.47 Å². The zero-order valence-electron chi connectivity index (χ0n) is 17.0. The molecule has 0 saturated carbocycles. The molecule has 12 heteroatoms. The lowest BCUT2D eigenvalue weighted by atomic mass is 9.93. The number of aromatic hydroxyl groups is 4. The summed E-state index contributed by atoms with van der Waals surface area (Å²) in [5.74, 6) is -2.53. The zero-order chi connectivity index (χ0) is 24.0. The maximum atomic E-state index is 10.7. The van der Waals surface area contributed by atoms with E-state index in [1.165, 1.54) is 18.2 Å². The van der Waals surface area contributed by atoms with Gasteiger partial charge in [0.2, 0.25) is 12.0 Å². The average Bonchev–Trinajstić information content (AvgIpc) is 2.78. The predicted molar refractivity (Wildman–Crippen MR) is 107 cm³/mol. The number of phenolic OH excluding ortho intramolecular Hbond substituents is 4. The molecule has 2 aromatic rings. The smallest absolute Gasteiger partial charge is 0.229 e. The minimum absolute atomic E-state index is 0.00835. The van der Waals surface area contributed by atoms with Crippen LogP contribution in [0.25, 0.3) is 0 Å². The third-order valence-electron chi connectivity index (χ3n) is 5.73. The second-order valence-electron chi connectivity index (χ2n) is 7.92. The van der Waals surface area contributed by atoms with E-state index in [0.717, 1.165) is 6.07 Å². The molecule has 0 bridgehead atoms. The quantitative estimate of drug-likeness (QED) is 0.240. The average molecular weight is 468 g/mol. The maximum absolute atomic E-state index is 10.7. The monoisotopic (exact) mass is 468 g/mol. The van der Waals surface area contributed by atoms with E-state index in [2.05, 4.69) is 0 Å². The first-order valence-corrected chi connectivity index (χ1v) is 10.0. The van der Waals surface area contributed by atoms with Crippen molar-refractivity contribution in [2.45, 2.75) is 49.3 Å². The van der Waals surface area contributed by atoms with Crippen LogP contribution in [0.2, 0.25) is 0 Å². The van der Waals surface area contributed by atoms with Gasteiger partial charge >= 0.3 is 0 Å². The minimum atomic E-state index is -1.77. The van der Waals surface area contributed by atoms with Crippen LogP contribution in [0.5, 0.6) is 34.5 Å². The molecule has 9 N–H and O–H groups in total. The molecule has 0 amide bonds. The standard InChI is InChI=1S/C21H24O12/c22-6-14-16(28)17(29)18(30)21(32-14)33-20-12(26)5-13-8(15(20)27)4-11(25)19(31-13)7-1-2-9(23)10(24)3-7/h1-3,5,11,14,16-19,21-30H,4,6H2/t11-,14-,16-,17+,18-,19-,21-/m1/s1. The summed E-state index contributed by atoms with van der Waals surface area (Å²) in [6, 6.07) is 4.98. The molecule has 7 atom stereocenters. The molecule has 0 aliphatic carbocycles. The van der Waals surface area contributed by atoms with Crippen molar-refractivity contribution in [3.05, 3.63) is 35.4 Å². The highest BCUT2D eigenvalue weighted by Gasteiger charge is 2.45. The van der Waals surface area contributed by atoms with Crippen LogP contribution in [0.4, 0.5) is 0 Å². The molecule has 0 aromatic heterocycles. The van der Waals surface area contributed by atoms with E-state index in [1.54, 1.807) is 0 Å². The fourth-order valence-corrected chi connectivity index (χ4v) is 3.89. The molecule has 2 aromatic carbocycles. The number of rotatable bonds is 4. The normalized spacial score (nSPS) is 31.5. The highest BCUT2D eigenvalue weighted by atomic mass is 16.7. The molecule has 12 nitrogen and oxygen atoms in total. The number of phenols is 4. The number of benzene rings is 2. The highest BCUT2D eigenvalue weighted by molar-refractivity contribution is 5.61.